The first-order valence-corrected chi connectivity index (χ1v) is 7.72. The van der Waals surface area contributed by atoms with E-state index in [1.54, 1.807) is 11.0 Å². The van der Waals surface area contributed by atoms with E-state index in [9.17, 15) is 9.90 Å². The third-order valence-electron chi connectivity index (χ3n) is 5.83. The lowest BCUT2D eigenvalue weighted by Gasteiger charge is -2.55. The van der Waals surface area contributed by atoms with E-state index in [-0.39, 0.29) is 5.92 Å². The summed E-state index contributed by atoms with van der Waals surface area (Å²) in [6.07, 6.45) is 7.91. The summed E-state index contributed by atoms with van der Waals surface area (Å²) in [5.41, 5.74) is 0. The molecule has 5 heteroatoms. The van der Waals surface area contributed by atoms with Crippen molar-refractivity contribution in [2.75, 3.05) is 0 Å². The second kappa shape index (κ2) is 4.30. The molecule has 0 spiro atoms. The van der Waals surface area contributed by atoms with Gasteiger partial charge in [-0.05, 0) is 68.6 Å². The molecule has 5 nitrogen and oxygen atoms in total. The van der Waals surface area contributed by atoms with Crippen LogP contribution in [0.2, 0.25) is 0 Å². The smallest absolute Gasteiger partial charge is 0.328 e. The van der Waals surface area contributed by atoms with Gasteiger partial charge in [0, 0.05) is 0 Å². The van der Waals surface area contributed by atoms with Crippen LogP contribution in [0, 0.1) is 36.5 Å². The topological polar surface area (TPSA) is 68.0 Å². The van der Waals surface area contributed by atoms with Gasteiger partial charge in [0.25, 0.3) is 0 Å². The highest BCUT2D eigenvalue weighted by molar-refractivity contribution is 5.72. The number of hydrogen-bond donors (Lipinski definition) is 1. The molecule has 1 unspecified atom stereocenters. The molecule has 0 amide bonds. The zero-order valence-corrected chi connectivity index (χ0v) is 11.8. The molecule has 4 saturated carbocycles. The molecule has 1 N–H and O–H groups in total. The standard InChI is InChI=1S/C15H21N3O2/c1-8-16-7-18(17-8)14(15(19)20)13-11-3-9-2-10(5-11)6-12(13)4-9/h7,9-14H,2-6H2,1H3,(H,19,20). The second-order valence-electron chi connectivity index (χ2n) is 7.06. The van der Waals surface area contributed by atoms with Gasteiger partial charge >= 0.3 is 5.97 Å². The van der Waals surface area contributed by atoms with Crippen LogP contribution in [-0.4, -0.2) is 25.8 Å². The van der Waals surface area contributed by atoms with Crippen molar-refractivity contribution in [2.45, 2.75) is 45.1 Å². The molecule has 0 aliphatic heterocycles. The van der Waals surface area contributed by atoms with Crippen LogP contribution in [0.25, 0.3) is 0 Å². The largest absolute Gasteiger partial charge is 0.480 e. The molecule has 5 rings (SSSR count). The van der Waals surface area contributed by atoms with Crippen molar-refractivity contribution in [1.82, 2.24) is 14.8 Å². The number of aliphatic carboxylic acids is 1. The fourth-order valence-electron chi connectivity index (χ4n) is 5.43. The monoisotopic (exact) mass is 275 g/mol. The minimum Gasteiger partial charge on any atom is -0.480 e. The number of carboxylic acid groups (broad SMARTS) is 1. The van der Waals surface area contributed by atoms with Crippen LogP contribution in [-0.2, 0) is 4.79 Å². The van der Waals surface area contributed by atoms with Gasteiger partial charge in [-0.15, -0.1) is 0 Å². The summed E-state index contributed by atoms with van der Waals surface area (Å²) in [5, 5.41) is 14.0. The zero-order valence-electron chi connectivity index (χ0n) is 11.8. The molecule has 20 heavy (non-hydrogen) atoms. The van der Waals surface area contributed by atoms with Gasteiger partial charge < -0.3 is 5.11 Å². The molecule has 1 heterocycles. The quantitative estimate of drug-likeness (QED) is 0.919. The predicted octanol–water partition coefficient (Wildman–Crippen LogP) is 2.28. The normalized spacial score (nSPS) is 40.0. The maximum atomic E-state index is 11.8. The van der Waals surface area contributed by atoms with Crippen LogP contribution in [0.4, 0.5) is 0 Å². The molecule has 0 saturated heterocycles. The average molecular weight is 275 g/mol. The molecular formula is C15H21N3O2. The number of carboxylic acids is 1. The number of aromatic nitrogens is 3. The van der Waals surface area contributed by atoms with Gasteiger partial charge in [0.15, 0.2) is 6.04 Å². The summed E-state index contributed by atoms with van der Waals surface area (Å²) in [5.74, 6) is 3.05. The van der Waals surface area contributed by atoms with E-state index in [0.717, 1.165) is 11.8 Å². The van der Waals surface area contributed by atoms with E-state index in [4.69, 9.17) is 0 Å². The lowest BCUT2D eigenvalue weighted by atomic mass is 9.50. The lowest BCUT2D eigenvalue weighted by Crippen LogP contribution is -2.49. The van der Waals surface area contributed by atoms with Gasteiger partial charge in [-0.25, -0.2) is 14.5 Å². The fourth-order valence-corrected chi connectivity index (χ4v) is 5.43. The van der Waals surface area contributed by atoms with E-state index < -0.39 is 12.0 Å². The third-order valence-corrected chi connectivity index (χ3v) is 5.83. The Morgan fingerprint density at radius 1 is 1.25 bits per heavy atom. The Balaban J connectivity index is 1.68. The van der Waals surface area contributed by atoms with E-state index in [1.165, 1.54) is 32.1 Å². The Bertz CT molecular complexity index is 511. The zero-order chi connectivity index (χ0) is 13.9. The Hall–Kier alpha value is -1.39. The van der Waals surface area contributed by atoms with Crippen molar-refractivity contribution in [3.05, 3.63) is 12.2 Å². The molecule has 4 aliphatic rings. The molecule has 4 bridgehead atoms. The van der Waals surface area contributed by atoms with Crippen molar-refractivity contribution in [3.63, 3.8) is 0 Å². The fraction of sp³-hybridized carbons (Fsp3) is 0.800. The summed E-state index contributed by atoms with van der Waals surface area (Å²) in [7, 11) is 0. The molecule has 0 radical (unpaired) electrons. The van der Waals surface area contributed by atoms with Crippen LogP contribution in [0.15, 0.2) is 6.33 Å². The molecular weight excluding hydrogens is 254 g/mol. The molecule has 1 aromatic rings. The first-order valence-electron chi connectivity index (χ1n) is 7.72. The van der Waals surface area contributed by atoms with Crippen molar-refractivity contribution in [1.29, 1.82) is 0 Å². The van der Waals surface area contributed by atoms with E-state index >= 15 is 0 Å². The lowest BCUT2D eigenvalue weighted by molar-refractivity contribution is -0.150. The van der Waals surface area contributed by atoms with E-state index in [2.05, 4.69) is 10.1 Å². The number of hydrogen-bond acceptors (Lipinski definition) is 3. The molecule has 4 fully saturated rings. The van der Waals surface area contributed by atoms with Gasteiger partial charge in [0.1, 0.15) is 12.2 Å². The molecule has 1 aromatic heterocycles. The van der Waals surface area contributed by atoms with Crippen molar-refractivity contribution < 1.29 is 9.90 Å². The minimum absolute atomic E-state index is 0.251. The maximum Gasteiger partial charge on any atom is 0.328 e. The highest BCUT2D eigenvalue weighted by Crippen LogP contribution is 2.59. The minimum atomic E-state index is -0.743. The Morgan fingerprint density at radius 3 is 2.30 bits per heavy atom. The molecule has 1 atom stereocenters. The van der Waals surface area contributed by atoms with E-state index in [0.29, 0.717) is 17.7 Å². The number of aryl methyl sites for hydroxylation is 1. The Morgan fingerprint density at radius 2 is 1.85 bits per heavy atom. The van der Waals surface area contributed by atoms with Gasteiger partial charge in [0.05, 0.1) is 0 Å². The van der Waals surface area contributed by atoms with Crippen LogP contribution in [0.1, 0.15) is 44.0 Å². The highest BCUT2D eigenvalue weighted by atomic mass is 16.4. The van der Waals surface area contributed by atoms with Crippen molar-refractivity contribution in [2.24, 2.45) is 29.6 Å². The van der Waals surface area contributed by atoms with Crippen LogP contribution in [0.5, 0.6) is 0 Å². The van der Waals surface area contributed by atoms with Crippen LogP contribution >= 0.6 is 0 Å². The summed E-state index contributed by atoms with van der Waals surface area (Å²) in [6, 6.07) is -0.522. The van der Waals surface area contributed by atoms with Crippen molar-refractivity contribution in [3.8, 4) is 0 Å². The SMILES string of the molecule is Cc1ncn(C(C(=O)O)C2C3CC4CC(C3)CC2C4)n1. The van der Waals surface area contributed by atoms with Crippen molar-refractivity contribution >= 4 is 5.97 Å². The van der Waals surface area contributed by atoms with Gasteiger partial charge in [-0.1, -0.05) is 0 Å². The summed E-state index contributed by atoms with van der Waals surface area (Å²) >= 11 is 0. The first kappa shape index (κ1) is 12.4. The third kappa shape index (κ3) is 1.79. The molecule has 0 aromatic carbocycles. The van der Waals surface area contributed by atoms with Crippen LogP contribution < -0.4 is 0 Å². The van der Waals surface area contributed by atoms with Crippen LogP contribution in [0.3, 0.4) is 0 Å². The number of nitrogens with zero attached hydrogens (tertiary/aromatic N) is 3. The summed E-state index contributed by atoms with van der Waals surface area (Å²) < 4.78 is 1.60. The Kier molecular flexibility index (Phi) is 2.66. The average Bonchev–Trinajstić information content (AvgIpc) is 2.78. The molecule has 4 aliphatic carbocycles. The maximum absolute atomic E-state index is 11.8. The summed E-state index contributed by atoms with van der Waals surface area (Å²) in [6.45, 7) is 1.81. The van der Waals surface area contributed by atoms with Gasteiger partial charge in [-0.2, -0.15) is 5.10 Å². The van der Waals surface area contributed by atoms with Gasteiger partial charge in [-0.3, -0.25) is 0 Å². The second-order valence-corrected chi connectivity index (χ2v) is 7.06. The highest BCUT2D eigenvalue weighted by Gasteiger charge is 2.52. The number of carbonyl (C=O) groups is 1. The van der Waals surface area contributed by atoms with Gasteiger partial charge in [0.2, 0.25) is 0 Å². The summed E-state index contributed by atoms with van der Waals surface area (Å²) in [4.78, 5) is 16.0. The van der Waals surface area contributed by atoms with E-state index in [1.807, 2.05) is 6.92 Å². The first-order chi connectivity index (χ1) is 9.61. The molecule has 108 valence electrons. The Labute approximate surface area is 118 Å². The predicted molar refractivity (Wildman–Crippen MR) is 72.0 cm³/mol. The number of rotatable bonds is 3.